The van der Waals surface area contributed by atoms with Crippen LogP contribution in [0.3, 0.4) is 0 Å². The first-order chi connectivity index (χ1) is 9.65. The summed E-state index contributed by atoms with van der Waals surface area (Å²) in [6, 6.07) is 0. The Morgan fingerprint density at radius 2 is 1.26 bits per heavy atom. The van der Waals surface area contributed by atoms with Crippen molar-refractivity contribution < 1.29 is 44.0 Å². The number of hydrogen-bond donors (Lipinski definition) is 3. The number of carbonyl (C=O) groups excluding carboxylic acids is 2. The Balaban J connectivity index is -0.0000000696. The Morgan fingerprint density at radius 3 is 1.30 bits per heavy atom. The van der Waals surface area contributed by atoms with Gasteiger partial charge in [0.1, 0.15) is 0 Å². The first-order valence-corrected chi connectivity index (χ1v) is 5.19. The van der Waals surface area contributed by atoms with Crippen molar-refractivity contribution >= 4 is 83.0 Å². The fourth-order valence-corrected chi connectivity index (χ4v) is 0.419. The van der Waals surface area contributed by atoms with E-state index in [2.05, 4.69) is 22.6 Å². The van der Waals surface area contributed by atoms with Crippen LogP contribution in [0.25, 0.3) is 0 Å². The summed E-state index contributed by atoms with van der Waals surface area (Å²) in [5.74, 6) is -3.63. The molecule has 0 saturated carbocycles. The molecular weight excluding hydrogens is 334 g/mol. The molecule has 0 bridgehead atoms. The van der Waals surface area contributed by atoms with E-state index in [0.29, 0.717) is 0 Å². The van der Waals surface area contributed by atoms with Gasteiger partial charge in [-0.25, -0.2) is 14.4 Å². The quantitative estimate of drug-likeness (QED) is 0.298. The Labute approximate surface area is 177 Å². The van der Waals surface area contributed by atoms with Crippen molar-refractivity contribution in [1.29, 1.82) is 0 Å². The number of aliphatic hydroxyl groups is 1. The molecule has 3 N–H and O–H groups in total. The number of carbonyl (C=O) groups is 4. The fraction of sp³-hybridized carbons (Fsp3) is 0.333. The summed E-state index contributed by atoms with van der Waals surface area (Å²) in [5.41, 5.74) is 0. The van der Waals surface area contributed by atoms with E-state index in [4.69, 9.17) is 15.3 Å². The van der Waals surface area contributed by atoms with Crippen LogP contribution in [-0.4, -0.2) is 119 Å². The van der Waals surface area contributed by atoms with Crippen LogP contribution in [0.2, 0.25) is 0 Å². The van der Waals surface area contributed by atoms with Gasteiger partial charge in [-0.3, -0.25) is 4.79 Å². The van der Waals surface area contributed by atoms with Crippen LogP contribution in [0.15, 0.2) is 25.3 Å². The molecule has 0 aliphatic rings. The Bertz CT molecular complexity index is 363. The second-order valence-corrected chi connectivity index (χ2v) is 2.91. The van der Waals surface area contributed by atoms with E-state index in [1.165, 1.54) is 14.2 Å². The molecule has 0 radical (unpaired) electrons. The van der Waals surface area contributed by atoms with Crippen LogP contribution in [0.5, 0.6) is 0 Å². The van der Waals surface area contributed by atoms with Crippen LogP contribution in [0, 0.1) is 0 Å². The van der Waals surface area contributed by atoms with Crippen LogP contribution in [0.4, 0.5) is 0 Å². The van der Waals surface area contributed by atoms with E-state index in [1.807, 2.05) is 0 Å². The average molecular weight is 354 g/mol. The predicted molar refractivity (Wildman–Crippen MR) is 84.6 cm³/mol. The molecule has 0 aromatic carbocycles. The second kappa shape index (κ2) is 23.6. The van der Waals surface area contributed by atoms with Gasteiger partial charge in [0.05, 0.1) is 20.6 Å². The molecule has 0 aromatic heterocycles. The van der Waals surface area contributed by atoms with Crippen LogP contribution in [-0.2, 0) is 28.7 Å². The third kappa shape index (κ3) is 33.9. The zero-order valence-corrected chi connectivity index (χ0v) is 11.6. The number of carboxylic acids is 2. The molecular formula is C12H20Na2O9. The number of methoxy groups -OCH3 is 2. The van der Waals surface area contributed by atoms with Gasteiger partial charge in [0.15, 0.2) is 6.10 Å². The van der Waals surface area contributed by atoms with E-state index in [9.17, 15) is 19.2 Å². The molecule has 1 unspecified atom stereocenters. The van der Waals surface area contributed by atoms with Crippen LogP contribution >= 0.6 is 0 Å². The minimum absolute atomic E-state index is 0. The Hall–Kier alpha value is -0.680. The Morgan fingerprint density at radius 1 is 0.957 bits per heavy atom. The van der Waals surface area contributed by atoms with Gasteiger partial charge < -0.3 is 24.8 Å². The SMILES string of the molecule is C=CC(=O)OC.C=CC(=O)OC.O=C(O)CC(O)C(=O)O.[NaH].[NaH]. The summed E-state index contributed by atoms with van der Waals surface area (Å²) in [6.07, 6.45) is -0.322. The van der Waals surface area contributed by atoms with E-state index in [1.54, 1.807) is 0 Å². The van der Waals surface area contributed by atoms with E-state index in [-0.39, 0.29) is 59.1 Å². The van der Waals surface area contributed by atoms with Crippen molar-refractivity contribution in [2.45, 2.75) is 12.5 Å². The van der Waals surface area contributed by atoms with Crippen LogP contribution < -0.4 is 0 Å². The molecule has 0 aliphatic carbocycles. The van der Waals surface area contributed by atoms with Gasteiger partial charge in [-0.2, -0.15) is 0 Å². The van der Waals surface area contributed by atoms with E-state index < -0.39 is 36.4 Å². The maximum absolute atomic E-state index is 9.84. The molecule has 0 heterocycles. The van der Waals surface area contributed by atoms with Crippen molar-refractivity contribution in [3.63, 3.8) is 0 Å². The zero-order valence-electron chi connectivity index (χ0n) is 11.6. The summed E-state index contributed by atoms with van der Waals surface area (Å²) in [7, 11) is 2.62. The monoisotopic (exact) mass is 354 g/mol. The van der Waals surface area contributed by atoms with E-state index in [0.717, 1.165) is 12.2 Å². The molecule has 0 fully saturated rings. The fourth-order valence-electron chi connectivity index (χ4n) is 0.419. The normalized spacial score (nSPS) is 8.48. The molecule has 0 saturated heterocycles. The molecule has 0 aliphatic heterocycles. The topological polar surface area (TPSA) is 147 Å². The molecule has 0 spiro atoms. The van der Waals surface area contributed by atoms with Gasteiger partial charge in [-0.1, -0.05) is 13.2 Å². The second-order valence-electron chi connectivity index (χ2n) is 2.91. The molecule has 124 valence electrons. The third-order valence-electron chi connectivity index (χ3n) is 1.39. The van der Waals surface area contributed by atoms with E-state index >= 15 is 0 Å². The maximum atomic E-state index is 9.84. The summed E-state index contributed by atoms with van der Waals surface area (Å²) >= 11 is 0. The van der Waals surface area contributed by atoms with Gasteiger partial charge >= 0.3 is 83.0 Å². The van der Waals surface area contributed by atoms with Crippen molar-refractivity contribution in [1.82, 2.24) is 0 Å². The van der Waals surface area contributed by atoms with Crippen molar-refractivity contribution in [2.75, 3.05) is 14.2 Å². The first kappa shape index (κ1) is 33.8. The van der Waals surface area contributed by atoms with Gasteiger partial charge in [0.2, 0.25) is 0 Å². The van der Waals surface area contributed by atoms with Crippen molar-refractivity contribution in [3.8, 4) is 0 Å². The average Bonchev–Trinajstić information content (AvgIpc) is 2.45. The Kier molecular flexibility index (Phi) is 34.7. The van der Waals surface area contributed by atoms with Gasteiger partial charge in [0, 0.05) is 12.2 Å². The van der Waals surface area contributed by atoms with Gasteiger partial charge in [-0.15, -0.1) is 0 Å². The number of aliphatic hydroxyl groups excluding tert-OH is 1. The molecule has 1 atom stereocenters. The third-order valence-corrected chi connectivity index (χ3v) is 1.39. The number of rotatable bonds is 5. The number of carboxylic acid groups (broad SMARTS) is 2. The zero-order chi connectivity index (χ0) is 17.4. The number of ether oxygens (including phenoxy) is 2. The standard InChI is InChI=1S/C4H6O5.2C4H6O2.2Na.2H/c5-2(4(8)9)1-3(6)7;2*1-3-4(5)6-2;;;;/h2,5H,1H2,(H,6,7)(H,8,9);2*3H,1H2,2H3;;;;. The molecule has 0 aromatic rings. The molecule has 0 amide bonds. The van der Waals surface area contributed by atoms with Crippen molar-refractivity contribution in [2.24, 2.45) is 0 Å². The van der Waals surface area contributed by atoms with Gasteiger partial charge in [0.25, 0.3) is 0 Å². The summed E-state index contributed by atoms with van der Waals surface area (Å²) in [4.78, 5) is 39.1. The molecule has 0 rings (SSSR count). The summed E-state index contributed by atoms with van der Waals surface area (Å²) < 4.78 is 8.28. The number of hydrogen-bond acceptors (Lipinski definition) is 7. The number of aliphatic carboxylic acids is 2. The molecule has 23 heavy (non-hydrogen) atoms. The predicted octanol–water partition coefficient (Wildman–Crippen LogP) is -1.70. The van der Waals surface area contributed by atoms with Crippen LogP contribution in [0.1, 0.15) is 6.42 Å². The minimum atomic E-state index is -1.79. The number of esters is 2. The van der Waals surface area contributed by atoms with Gasteiger partial charge in [-0.05, 0) is 0 Å². The molecule has 11 heteroatoms. The van der Waals surface area contributed by atoms with Crippen molar-refractivity contribution in [3.05, 3.63) is 25.3 Å². The first-order valence-electron chi connectivity index (χ1n) is 5.19. The summed E-state index contributed by atoms with van der Waals surface area (Å²) in [6.45, 7) is 6.31. The molecule has 9 nitrogen and oxygen atoms in total. The summed E-state index contributed by atoms with van der Waals surface area (Å²) in [5, 5.41) is 24.1.